The lowest BCUT2D eigenvalue weighted by Gasteiger charge is -2.15. The zero-order valence-electron chi connectivity index (χ0n) is 9.29. The molecule has 0 aliphatic heterocycles. The van der Waals surface area contributed by atoms with Crippen LogP contribution in [0.2, 0.25) is 0 Å². The normalized spacial score (nSPS) is 24.7. The molecule has 4 heteroatoms. The van der Waals surface area contributed by atoms with Gasteiger partial charge < -0.3 is 5.32 Å². The van der Waals surface area contributed by atoms with Crippen LogP contribution in [0, 0.1) is 11.3 Å². The maximum Gasteiger partial charge on any atom is 0.144 e. The fraction of sp³-hybridized carbons (Fsp3) is 0.636. The fourth-order valence-electron chi connectivity index (χ4n) is 2.08. The van der Waals surface area contributed by atoms with E-state index < -0.39 is 0 Å². The molecule has 3 nitrogen and oxygen atoms in total. The molecule has 2 atom stereocenters. The zero-order chi connectivity index (χ0) is 11.1. The minimum absolute atomic E-state index is 0.468. The van der Waals surface area contributed by atoms with Gasteiger partial charge in [-0.2, -0.15) is 0 Å². The van der Waals surface area contributed by atoms with Crippen molar-refractivity contribution < 1.29 is 0 Å². The second-order valence-electron chi connectivity index (χ2n) is 4.96. The van der Waals surface area contributed by atoms with Crippen molar-refractivity contribution in [2.45, 2.75) is 33.2 Å². The molecular weight excluding hydrogens is 254 g/mol. The first-order chi connectivity index (χ1) is 6.99. The Morgan fingerprint density at radius 3 is 2.60 bits per heavy atom. The van der Waals surface area contributed by atoms with Crippen LogP contribution in [0.25, 0.3) is 0 Å². The highest BCUT2D eigenvalue weighted by molar-refractivity contribution is 9.10. The van der Waals surface area contributed by atoms with Crippen LogP contribution in [-0.2, 0) is 0 Å². The van der Waals surface area contributed by atoms with Crippen molar-refractivity contribution in [2.24, 2.45) is 11.3 Å². The lowest BCUT2D eigenvalue weighted by molar-refractivity contribution is 0.518. The molecule has 1 aromatic heterocycles. The number of rotatable bonds is 3. The van der Waals surface area contributed by atoms with Gasteiger partial charge in [0, 0.05) is 6.04 Å². The third-order valence-electron chi connectivity index (χ3n) is 3.19. The predicted octanol–water partition coefficient (Wildman–Crippen LogP) is 3.09. The van der Waals surface area contributed by atoms with E-state index in [0.29, 0.717) is 11.5 Å². The highest BCUT2D eigenvalue weighted by Gasteiger charge is 2.48. The largest absolute Gasteiger partial charge is 0.366 e. The molecule has 0 bridgehead atoms. The van der Waals surface area contributed by atoms with Gasteiger partial charge in [0.1, 0.15) is 10.4 Å². The SMILES string of the molecule is CC(Nc1cnc(Br)cn1)C1CC1(C)C. The van der Waals surface area contributed by atoms with Gasteiger partial charge in [-0.3, -0.25) is 0 Å². The molecule has 15 heavy (non-hydrogen) atoms. The summed E-state index contributed by atoms with van der Waals surface area (Å²) in [5, 5.41) is 3.39. The third kappa shape index (κ3) is 2.48. The Labute approximate surface area is 98.8 Å². The van der Waals surface area contributed by atoms with Gasteiger partial charge >= 0.3 is 0 Å². The van der Waals surface area contributed by atoms with Crippen LogP contribution in [0.15, 0.2) is 17.0 Å². The average Bonchev–Trinajstić information content (AvgIpc) is 2.79. The van der Waals surface area contributed by atoms with Gasteiger partial charge in [0.2, 0.25) is 0 Å². The van der Waals surface area contributed by atoms with Crippen molar-refractivity contribution in [1.82, 2.24) is 9.97 Å². The molecule has 82 valence electrons. The molecule has 1 aromatic rings. The number of hydrogen-bond acceptors (Lipinski definition) is 3. The highest BCUT2D eigenvalue weighted by atomic mass is 79.9. The highest BCUT2D eigenvalue weighted by Crippen LogP contribution is 2.53. The van der Waals surface area contributed by atoms with E-state index in [1.54, 1.807) is 12.4 Å². The Balaban J connectivity index is 1.95. The van der Waals surface area contributed by atoms with Crippen LogP contribution in [0.1, 0.15) is 27.2 Å². The van der Waals surface area contributed by atoms with E-state index in [2.05, 4.69) is 52.0 Å². The molecule has 1 saturated carbocycles. The summed E-state index contributed by atoms with van der Waals surface area (Å²) < 4.78 is 0.771. The van der Waals surface area contributed by atoms with E-state index in [4.69, 9.17) is 0 Å². The Bertz CT molecular complexity index is 347. The van der Waals surface area contributed by atoms with Crippen LogP contribution in [-0.4, -0.2) is 16.0 Å². The van der Waals surface area contributed by atoms with Crippen LogP contribution < -0.4 is 5.32 Å². The zero-order valence-corrected chi connectivity index (χ0v) is 10.9. The Morgan fingerprint density at radius 1 is 1.47 bits per heavy atom. The number of nitrogens with one attached hydrogen (secondary N) is 1. The van der Waals surface area contributed by atoms with Gasteiger partial charge in [-0.1, -0.05) is 13.8 Å². The van der Waals surface area contributed by atoms with Crippen molar-refractivity contribution >= 4 is 21.7 Å². The van der Waals surface area contributed by atoms with E-state index >= 15 is 0 Å². The standard InChI is InChI=1S/C11H16BrN3/c1-7(8-4-11(8,2)3)15-10-6-13-9(12)5-14-10/h5-8H,4H2,1-3H3,(H,14,15). The van der Waals surface area contributed by atoms with Crippen LogP contribution in [0.4, 0.5) is 5.82 Å². The van der Waals surface area contributed by atoms with Gasteiger partial charge in [0.05, 0.1) is 12.4 Å². The fourth-order valence-corrected chi connectivity index (χ4v) is 2.29. The molecule has 0 radical (unpaired) electrons. The topological polar surface area (TPSA) is 37.8 Å². The average molecular weight is 270 g/mol. The van der Waals surface area contributed by atoms with Gasteiger partial charge in [-0.15, -0.1) is 0 Å². The smallest absolute Gasteiger partial charge is 0.144 e. The van der Waals surface area contributed by atoms with Crippen molar-refractivity contribution in [3.63, 3.8) is 0 Å². The van der Waals surface area contributed by atoms with Gasteiger partial charge in [-0.05, 0) is 40.6 Å². The number of hydrogen-bond donors (Lipinski definition) is 1. The molecule has 0 aromatic carbocycles. The third-order valence-corrected chi connectivity index (χ3v) is 3.60. The Hall–Kier alpha value is -0.640. The monoisotopic (exact) mass is 269 g/mol. The summed E-state index contributed by atoms with van der Waals surface area (Å²) in [6.45, 7) is 6.83. The number of aromatic nitrogens is 2. The molecule has 0 amide bonds. The molecule has 1 aliphatic rings. The summed E-state index contributed by atoms with van der Waals surface area (Å²) in [4.78, 5) is 8.40. The first kappa shape index (κ1) is 10.9. The van der Waals surface area contributed by atoms with E-state index in [9.17, 15) is 0 Å². The van der Waals surface area contributed by atoms with Gasteiger partial charge in [0.25, 0.3) is 0 Å². The lowest BCUT2D eigenvalue weighted by Crippen LogP contribution is -2.20. The Morgan fingerprint density at radius 2 is 2.13 bits per heavy atom. The van der Waals surface area contributed by atoms with E-state index in [1.165, 1.54) is 6.42 Å². The number of halogens is 1. The summed E-state index contributed by atoms with van der Waals surface area (Å²) >= 11 is 3.27. The molecule has 0 saturated heterocycles. The molecule has 1 aliphatic carbocycles. The number of nitrogens with zero attached hydrogens (tertiary/aromatic N) is 2. The second kappa shape index (κ2) is 3.74. The molecule has 1 fully saturated rings. The maximum atomic E-state index is 4.26. The summed E-state index contributed by atoms with van der Waals surface area (Å²) in [7, 11) is 0. The van der Waals surface area contributed by atoms with Crippen LogP contribution in [0.5, 0.6) is 0 Å². The number of anilines is 1. The van der Waals surface area contributed by atoms with Crippen molar-refractivity contribution in [3.8, 4) is 0 Å². The molecular formula is C11H16BrN3. The molecule has 1 N–H and O–H groups in total. The lowest BCUT2D eigenvalue weighted by atomic mass is 10.1. The molecule has 2 rings (SSSR count). The van der Waals surface area contributed by atoms with Crippen molar-refractivity contribution in [1.29, 1.82) is 0 Å². The Kier molecular flexibility index (Phi) is 2.71. The van der Waals surface area contributed by atoms with E-state index in [1.807, 2.05) is 0 Å². The maximum absolute atomic E-state index is 4.26. The quantitative estimate of drug-likeness (QED) is 0.917. The summed E-state index contributed by atoms with van der Waals surface area (Å²) in [5.74, 6) is 1.61. The molecule has 0 spiro atoms. The van der Waals surface area contributed by atoms with Gasteiger partial charge in [-0.25, -0.2) is 9.97 Å². The summed E-state index contributed by atoms with van der Waals surface area (Å²) in [6.07, 6.45) is 4.77. The summed E-state index contributed by atoms with van der Waals surface area (Å²) in [5.41, 5.74) is 0.495. The summed E-state index contributed by atoms with van der Waals surface area (Å²) in [6, 6.07) is 0.468. The van der Waals surface area contributed by atoms with Gasteiger partial charge in [0.15, 0.2) is 0 Å². The molecule has 2 unspecified atom stereocenters. The first-order valence-electron chi connectivity index (χ1n) is 5.23. The van der Waals surface area contributed by atoms with E-state index in [0.717, 1.165) is 16.3 Å². The van der Waals surface area contributed by atoms with Crippen LogP contribution in [0.3, 0.4) is 0 Å². The first-order valence-corrected chi connectivity index (χ1v) is 6.02. The minimum atomic E-state index is 0.468. The predicted molar refractivity (Wildman–Crippen MR) is 64.7 cm³/mol. The molecule has 1 heterocycles. The van der Waals surface area contributed by atoms with E-state index in [-0.39, 0.29) is 0 Å². The van der Waals surface area contributed by atoms with Crippen LogP contribution >= 0.6 is 15.9 Å². The van der Waals surface area contributed by atoms with Crippen molar-refractivity contribution in [2.75, 3.05) is 5.32 Å². The second-order valence-corrected chi connectivity index (χ2v) is 5.77. The van der Waals surface area contributed by atoms with Crippen molar-refractivity contribution in [3.05, 3.63) is 17.0 Å². The minimum Gasteiger partial charge on any atom is -0.366 e.